The van der Waals surface area contributed by atoms with E-state index in [0.717, 1.165) is 0 Å². The summed E-state index contributed by atoms with van der Waals surface area (Å²) >= 11 is 0. The zero-order chi connectivity index (χ0) is 16.9. The molecule has 2 N–H and O–H groups in total. The van der Waals surface area contributed by atoms with Gasteiger partial charge in [-0.2, -0.15) is 0 Å². The van der Waals surface area contributed by atoms with E-state index >= 15 is 0 Å². The van der Waals surface area contributed by atoms with Gasteiger partial charge in [0.2, 0.25) is 15.9 Å². The second-order valence-electron chi connectivity index (χ2n) is 5.28. The summed E-state index contributed by atoms with van der Waals surface area (Å²) in [5.41, 5.74) is 0. The molecule has 1 aliphatic rings. The van der Waals surface area contributed by atoms with Crippen LogP contribution in [-0.4, -0.2) is 66.2 Å². The van der Waals surface area contributed by atoms with Crippen LogP contribution in [0.5, 0.6) is 11.5 Å². The number of fused-ring (bicyclic) bond motifs is 1. The predicted octanol–water partition coefficient (Wildman–Crippen LogP) is -0.586. The van der Waals surface area contributed by atoms with Gasteiger partial charge in [-0.15, -0.1) is 0 Å². The molecule has 0 saturated heterocycles. The van der Waals surface area contributed by atoms with E-state index in [1.807, 2.05) is 19.0 Å². The summed E-state index contributed by atoms with van der Waals surface area (Å²) in [5, 5.41) is 2.64. The monoisotopic (exact) mass is 343 g/mol. The first-order valence-electron chi connectivity index (χ1n) is 7.19. The van der Waals surface area contributed by atoms with Crippen LogP contribution in [0.2, 0.25) is 0 Å². The molecule has 0 spiro atoms. The van der Waals surface area contributed by atoms with Crippen molar-refractivity contribution < 1.29 is 22.7 Å². The lowest BCUT2D eigenvalue weighted by Gasteiger charge is -2.18. The number of amides is 1. The Balaban J connectivity index is 1.92. The highest BCUT2D eigenvalue weighted by atomic mass is 32.2. The number of benzene rings is 1. The van der Waals surface area contributed by atoms with Gasteiger partial charge in [0.05, 0.1) is 11.4 Å². The Bertz CT molecular complexity index is 660. The highest BCUT2D eigenvalue weighted by Crippen LogP contribution is 2.32. The predicted molar refractivity (Wildman–Crippen MR) is 84.2 cm³/mol. The fourth-order valence-electron chi connectivity index (χ4n) is 1.92. The highest BCUT2D eigenvalue weighted by Gasteiger charge is 2.20. The number of carbonyl (C=O) groups is 1. The molecule has 1 aromatic rings. The molecule has 128 valence electrons. The van der Waals surface area contributed by atoms with Crippen LogP contribution in [0.15, 0.2) is 23.1 Å². The van der Waals surface area contributed by atoms with Gasteiger partial charge in [-0.1, -0.05) is 0 Å². The average molecular weight is 343 g/mol. The SMILES string of the molecule is CN(C)CCNC(=O)CNS(=O)(=O)c1ccc2c(c1)OCCO2. The molecule has 0 unspecified atom stereocenters. The third-order valence-corrected chi connectivity index (χ3v) is 4.53. The normalized spacial score (nSPS) is 13.9. The number of nitrogens with zero attached hydrogens (tertiary/aromatic N) is 1. The van der Waals surface area contributed by atoms with Crippen molar-refractivity contribution in [2.75, 3.05) is 46.9 Å². The summed E-state index contributed by atoms with van der Waals surface area (Å²) < 4.78 is 37.4. The number of carbonyl (C=O) groups excluding carboxylic acids is 1. The van der Waals surface area contributed by atoms with E-state index in [-0.39, 0.29) is 17.3 Å². The Morgan fingerprint density at radius 3 is 2.61 bits per heavy atom. The second kappa shape index (κ2) is 7.62. The van der Waals surface area contributed by atoms with Crippen LogP contribution in [0.1, 0.15) is 0 Å². The largest absolute Gasteiger partial charge is 0.486 e. The fourth-order valence-corrected chi connectivity index (χ4v) is 2.91. The maximum Gasteiger partial charge on any atom is 0.241 e. The van der Waals surface area contributed by atoms with Crippen LogP contribution in [0.3, 0.4) is 0 Å². The summed E-state index contributed by atoms with van der Waals surface area (Å²) in [5.74, 6) is 0.513. The highest BCUT2D eigenvalue weighted by molar-refractivity contribution is 7.89. The first-order chi connectivity index (χ1) is 10.9. The molecular formula is C14H21N3O5S. The number of likely N-dealkylation sites (N-methyl/N-ethyl adjacent to an activating group) is 1. The molecule has 1 amide bonds. The van der Waals surface area contributed by atoms with E-state index in [4.69, 9.17) is 9.47 Å². The molecule has 0 saturated carbocycles. The Labute approximate surface area is 135 Å². The molecule has 0 fully saturated rings. The van der Waals surface area contributed by atoms with Gasteiger partial charge >= 0.3 is 0 Å². The van der Waals surface area contributed by atoms with Gasteiger partial charge in [-0.25, -0.2) is 13.1 Å². The summed E-state index contributed by atoms with van der Waals surface area (Å²) in [7, 11) is -0.0157. The van der Waals surface area contributed by atoms with Crippen molar-refractivity contribution in [3.8, 4) is 11.5 Å². The minimum Gasteiger partial charge on any atom is -0.486 e. The summed E-state index contributed by atoms with van der Waals surface area (Å²) in [6.07, 6.45) is 0. The van der Waals surface area contributed by atoms with Gasteiger partial charge in [0.15, 0.2) is 11.5 Å². The van der Waals surface area contributed by atoms with Crippen LogP contribution in [-0.2, 0) is 14.8 Å². The third-order valence-electron chi connectivity index (χ3n) is 3.13. The van der Waals surface area contributed by atoms with Crippen molar-refractivity contribution >= 4 is 15.9 Å². The molecule has 1 aromatic carbocycles. The standard InChI is InChI=1S/C14H21N3O5S/c1-17(2)6-5-15-14(18)10-16-23(19,20)11-3-4-12-13(9-11)22-8-7-21-12/h3-4,9,16H,5-8,10H2,1-2H3,(H,15,18). The smallest absolute Gasteiger partial charge is 0.241 e. The number of nitrogens with one attached hydrogen (secondary N) is 2. The second-order valence-corrected chi connectivity index (χ2v) is 7.05. The number of rotatable bonds is 7. The Kier molecular flexibility index (Phi) is 5.80. The molecule has 9 heteroatoms. The zero-order valence-electron chi connectivity index (χ0n) is 13.2. The number of sulfonamides is 1. The van der Waals surface area contributed by atoms with Crippen LogP contribution in [0, 0.1) is 0 Å². The molecule has 0 aromatic heterocycles. The summed E-state index contributed by atoms with van der Waals surface area (Å²) in [4.78, 5) is 13.6. The number of hydrogen-bond acceptors (Lipinski definition) is 6. The number of hydrogen-bond donors (Lipinski definition) is 2. The van der Waals surface area contributed by atoms with Gasteiger partial charge in [-0.3, -0.25) is 4.79 Å². The third kappa shape index (κ3) is 5.08. The molecule has 1 heterocycles. The molecule has 2 rings (SSSR count). The van der Waals surface area contributed by atoms with E-state index in [0.29, 0.717) is 37.8 Å². The molecule has 0 aliphatic carbocycles. The maximum atomic E-state index is 12.2. The maximum absolute atomic E-state index is 12.2. The minimum absolute atomic E-state index is 0.0304. The summed E-state index contributed by atoms with van der Waals surface area (Å²) in [6.45, 7) is 1.63. The fraction of sp³-hybridized carbons (Fsp3) is 0.500. The van der Waals surface area contributed by atoms with E-state index in [1.54, 1.807) is 6.07 Å². The lowest BCUT2D eigenvalue weighted by atomic mass is 10.3. The van der Waals surface area contributed by atoms with E-state index in [2.05, 4.69) is 10.0 Å². The topological polar surface area (TPSA) is 97.0 Å². The van der Waals surface area contributed by atoms with Gasteiger partial charge in [0, 0.05) is 19.2 Å². The van der Waals surface area contributed by atoms with E-state index in [9.17, 15) is 13.2 Å². The van der Waals surface area contributed by atoms with Gasteiger partial charge < -0.3 is 19.7 Å². The van der Waals surface area contributed by atoms with Crippen LogP contribution in [0.25, 0.3) is 0 Å². The van der Waals surface area contributed by atoms with Crippen LogP contribution in [0.4, 0.5) is 0 Å². The lowest BCUT2D eigenvalue weighted by Crippen LogP contribution is -2.39. The van der Waals surface area contributed by atoms with Crippen LogP contribution >= 0.6 is 0 Å². The zero-order valence-corrected chi connectivity index (χ0v) is 14.0. The van der Waals surface area contributed by atoms with E-state index in [1.165, 1.54) is 12.1 Å². The van der Waals surface area contributed by atoms with Crippen LogP contribution < -0.4 is 19.5 Å². The molecule has 8 nitrogen and oxygen atoms in total. The molecule has 1 aliphatic heterocycles. The van der Waals surface area contributed by atoms with Crippen molar-refractivity contribution in [3.05, 3.63) is 18.2 Å². The van der Waals surface area contributed by atoms with Gasteiger partial charge in [-0.05, 0) is 26.2 Å². The number of ether oxygens (including phenoxy) is 2. The Hall–Kier alpha value is -1.84. The van der Waals surface area contributed by atoms with Crippen molar-refractivity contribution in [1.82, 2.24) is 14.9 Å². The summed E-state index contributed by atoms with van der Waals surface area (Å²) in [6, 6.07) is 4.35. The molecular weight excluding hydrogens is 322 g/mol. The Morgan fingerprint density at radius 2 is 1.91 bits per heavy atom. The van der Waals surface area contributed by atoms with E-state index < -0.39 is 10.0 Å². The van der Waals surface area contributed by atoms with Crippen molar-refractivity contribution in [2.24, 2.45) is 0 Å². The first-order valence-corrected chi connectivity index (χ1v) is 8.67. The molecule has 23 heavy (non-hydrogen) atoms. The minimum atomic E-state index is -3.79. The van der Waals surface area contributed by atoms with Gasteiger partial charge in [0.1, 0.15) is 13.2 Å². The lowest BCUT2D eigenvalue weighted by molar-refractivity contribution is -0.119. The molecule has 0 atom stereocenters. The molecule has 0 radical (unpaired) electrons. The Morgan fingerprint density at radius 1 is 1.22 bits per heavy atom. The average Bonchev–Trinajstić information content (AvgIpc) is 2.52. The molecule has 0 bridgehead atoms. The van der Waals surface area contributed by atoms with Gasteiger partial charge in [0.25, 0.3) is 0 Å². The van der Waals surface area contributed by atoms with Crippen molar-refractivity contribution in [2.45, 2.75) is 4.90 Å². The van der Waals surface area contributed by atoms with Crippen molar-refractivity contribution in [3.63, 3.8) is 0 Å². The van der Waals surface area contributed by atoms with Crippen molar-refractivity contribution in [1.29, 1.82) is 0 Å². The quantitative estimate of drug-likeness (QED) is 0.687. The first kappa shape index (κ1) is 17.5.